The first-order chi connectivity index (χ1) is 31.2. The fourth-order valence-corrected chi connectivity index (χ4v) is 9.41. The quantitative estimate of drug-likeness (QED) is 0.153. The van der Waals surface area contributed by atoms with E-state index >= 15 is 0 Å². The van der Waals surface area contributed by atoms with Crippen LogP contribution in [0.4, 0.5) is 17.1 Å². The standard InChI is InChI=1S/C60H40N2O/c1-3-15-41(16-4-1)43-29-34-47(35-30-43)61(48-36-31-44(32-37-48)42-17-5-2-6-18-42)49-20-13-19-45(39-49)50-21-7-10-26-56(50)62-57-27-11-8-22-52(57)55-40-46(33-38-58(55)62)51-24-14-25-54-53-23-9-12-28-59(53)63-60(51)54/h1-40H. The van der Waals surface area contributed by atoms with Crippen molar-refractivity contribution in [1.82, 2.24) is 4.57 Å². The second kappa shape index (κ2) is 15.3. The van der Waals surface area contributed by atoms with Crippen LogP contribution in [-0.4, -0.2) is 4.57 Å². The molecule has 0 saturated heterocycles. The van der Waals surface area contributed by atoms with Crippen LogP contribution in [0.1, 0.15) is 0 Å². The van der Waals surface area contributed by atoms with E-state index in [2.05, 4.69) is 240 Å². The van der Waals surface area contributed by atoms with Crippen molar-refractivity contribution in [3.05, 3.63) is 243 Å². The largest absolute Gasteiger partial charge is 0.455 e. The van der Waals surface area contributed by atoms with Crippen LogP contribution >= 0.6 is 0 Å². The smallest absolute Gasteiger partial charge is 0.143 e. The molecule has 12 aromatic rings. The Kier molecular flexibility index (Phi) is 8.83. The average molecular weight is 805 g/mol. The van der Waals surface area contributed by atoms with Crippen molar-refractivity contribution in [3.8, 4) is 50.2 Å². The summed E-state index contributed by atoms with van der Waals surface area (Å²) in [6.07, 6.45) is 0. The monoisotopic (exact) mass is 804 g/mol. The molecule has 3 nitrogen and oxygen atoms in total. The summed E-state index contributed by atoms with van der Waals surface area (Å²) < 4.78 is 8.93. The second-order valence-corrected chi connectivity index (χ2v) is 16.1. The molecule has 0 fully saturated rings. The fraction of sp³-hybridized carbons (Fsp3) is 0. The van der Waals surface area contributed by atoms with E-state index in [4.69, 9.17) is 4.42 Å². The molecule has 0 spiro atoms. The van der Waals surface area contributed by atoms with Crippen LogP contribution in [0.3, 0.4) is 0 Å². The predicted octanol–water partition coefficient (Wildman–Crippen LogP) is 16.8. The molecule has 0 aliphatic heterocycles. The van der Waals surface area contributed by atoms with Crippen molar-refractivity contribution in [1.29, 1.82) is 0 Å². The van der Waals surface area contributed by atoms with E-state index in [1.165, 1.54) is 33.0 Å². The van der Waals surface area contributed by atoms with Crippen LogP contribution in [-0.2, 0) is 0 Å². The lowest BCUT2D eigenvalue weighted by molar-refractivity contribution is 0.670. The lowest BCUT2D eigenvalue weighted by Gasteiger charge is -2.27. The molecule has 0 N–H and O–H groups in total. The SMILES string of the molecule is c1ccc(-c2ccc(N(c3ccc(-c4ccccc4)cc3)c3cccc(-c4ccccc4-n4c5ccccc5c5cc(-c6cccc7c6oc6ccccc67)ccc54)c3)cc2)cc1. The third-order valence-electron chi connectivity index (χ3n) is 12.4. The van der Waals surface area contributed by atoms with Crippen molar-refractivity contribution >= 4 is 60.8 Å². The van der Waals surface area contributed by atoms with Crippen molar-refractivity contribution in [2.75, 3.05) is 4.90 Å². The molecule has 2 aromatic heterocycles. The summed E-state index contributed by atoms with van der Waals surface area (Å²) in [6.45, 7) is 0. The van der Waals surface area contributed by atoms with E-state index in [0.29, 0.717) is 0 Å². The first kappa shape index (κ1) is 36.5. The van der Waals surface area contributed by atoms with Gasteiger partial charge in [0.25, 0.3) is 0 Å². The van der Waals surface area contributed by atoms with Gasteiger partial charge in [0.05, 0.1) is 16.7 Å². The number of fused-ring (bicyclic) bond motifs is 6. The number of benzene rings is 10. The molecule has 0 saturated carbocycles. The summed E-state index contributed by atoms with van der Waals surface area (Å²) in [7, 11) is 0. The molecular weight excluding hydrogens is 765 g/mol. The van der Waals surface area contributed by atoms with Crippen LogP contribution in [0, 0.1) is 0 Å². The molecular formula is C60H40N2O. The summed E-state index contributed by atoms with van der Waals surface area (Å²) in [6, 6.07) is 87.1. The van der Waals surface area contributed by atoms with Gasteiger partial charge in [0.2, 0.25) is 0 Å². The van der Waals surface area contributed by atoms with Gasteiger partial charge in [-0.3, -0.25) is 0 Å². The summed E-state index contributed by atoms with van der Waals surface area (Å²) >= 11 is 0. The van der Waals surface area contributed by atoms with Gasteiger partial charge in [-0.15, -0.1) is 0 Å². The third-order valence-corrected chi connectivity index (χ3v) is 12.4. The van der Waals surface area contributed by atoms with Crippen molar-refractivity contribution in [2.45, 2.75) is 0 Å². The molecule has 12 rings (SSSR count). The number of rotatable bonds is 8. The molecule has 0 radical (unpaired) electrons. The third kappa shape index (κ3) is 6.38. The maximum absolute atomic E-state index is 6.50. The Labute approximate surface area is 366 Å². The van der Waals surface area contributed by atoms with E-state index < -0.39 is 0 Å². The highest BCUT2D eigenvalue weighted by atomic mass is 16.3. The lowest BCUT2D eigenvalue weighted by atomic mass is 10.00. The van der Waals surface area contributed by atoms with Crippen LogP contribution in [0.2, 0.25) is 0 Å². The van der Waals surface area contributed by atoms with Gasteiger partial charge in [-0.1, -0.05) is 176 Å². The Bertz CT molecular complexity index is 3520. The lowest BCUT2D eigenvalue weighted by Crippen LogP contribution is -2.10. The number of furan rings is 1. The number of nitrogens with zero attached hydrogens (tertiary/aromatic N) is 2. The highest BCUT2D eigenvalue weighted by molar-refractivity contribution is 6.13. The summed E-state index contributed by atoms with van der Waals surface area (Å²) in [5, 5.41) is 4.68. The highest BCUT2D eigenvalue weighted by Crippen LogP contribution is 2.43. The van der Waals surface area contributed by atoms with Gasteiger partial charge in [-0.2, -0.15) is 0 Å². The highest BCUT2D eigenvalue weighted by Gasteiger charge is 2.20. The minimum atomic E-state index is 0.906. The first-order valence-corrected chi connectivity index (χ1v) is 21.5. The Morgan fingerprint density at radius 3 is 1.54 bits per heavy atom. The van der Waals surface area contributed by atoms with Gasteiger partial charge in [-0.25, -0.2) is 0 Å². The van der Waals surface area contributed by atoms with E-state index in [1.807, 2.05) is 12.1 Å². The van der Waals surface area contributed by atoms with E-state index in [0.717, 1.165) is 78.0 Å². The molecule has 0 unspecified atom stereocenters. The van der Waals surface area contributed by atoms with Crippen LogP contribution in [0.15, 0.2) is 247 Å². The topological polar surface area (TPSA) is 21.3 Å². The predicted molar refractivity (Wildman–Crippen MR) is 264 cm³/mol. The molecule has 296 valence electrons. The van der Waals surface area contributed by atoms with Crippen molar-refractivity contribution < 1.29 is 4.42 Å². The van der Waals surface area contributed by atoms with Crippen molar-refractivity contribution in [3.63, 3.8) is 0 Å². The second-order valence-electron chi connectivity index (χ2n) is 16.1. The number of para-hydroxylation sites is 4. The summed E-state index contributed by atoms with van der Waals surface area (Å²) in [5.41, 5.74) is 17.8. The number of aromatic nitrogens is 1. The van der Waals surface area contributed by atoms with Gasteiger partial charge in [0.15, 0.2) is 0 Å². The maximum atomic E-state index is 6.50. The molecule has 0 amide bonds. The van der Waals surface area contributed by atoms with E-state index in [9.17, 15) is 0 Å². The first-order valence-electron chi connectivity index (χ1n) is 21.5. The number of hydrogen-bond donors (Lipinski definition) is 0. The zero-order valence-corrected chi connectivity index (χ0v) is 34.4. The Balaban J connectivity index is 0.982. The Hall–Kier alpha value is -8.40. The molecule has 10 aromatic carbocycles. The molecule has 63 heavy (non-hydrogen) atoms. The fourth-order valence-electron chi connectivity index (χ4n) is 9.41. The minimum Gasteiger partial charge on any atom is -0.455 e. The molecule has 0 aliphatic carbocycles. The Morgan fingerprint density at radius 2 is 0.810 bits per heavy atom. The van der Waals surface area contributed by atoms with Crippen LogP contribution in [0.25, 0.3) is 93.9 Å². The van der Waals surface area contributed by atoms with Crippen LogP contribution in [0.5, 0.6) is 0 Å². The van der Waals surface area contributed by atoms with Crippen molar-refractivity contribution in [2.24, 2.45) is 0 Å². The van der Waals surface area contributed by atoms with Gasteiger partial charge >= 0.3 is 0 Å². The normalized spacial score (nSPS) is 11.5. The van der Waals surface area contributed by atoms with Gasteiger partial charge < -0.3 is 13.9 Å². The molecule has 0 aliphatic rings. The molecule has 3 heteroatoms. The van der Waals surface area contributed by atoms with Crippen LogP contribution < -0.4 is 4.90 Å². The van der Waals surface area contributed by atoms with Gasteiger partial charge in [-0.05, 0) is 100 Å². The average Bonchev–Trinajstić information content (AvgIpc) is 3.91. The van der Waals surface area contributed by atoms with E-state index in [-0.39, 0.29) is 0 Å². The molecule has 2 heterocycles. The molecule has 0 atom stereocenters. The minimum absolute atomic E-state index is 0.906. The Morgan fingerprint density at radius 1 is 0.302 bits per heavy atom. The zero-order chi connectivity index (χ0) is 41.7. The van der Waals surface area contributed by atoms with Gasteiger partial charge in [0, 0.05) is 49.7 Å². The molecule has 0 bridgehead atoms. The maximum Gasteiger partial charge on any atom is 0.143 e. The number of anilines is 3. The van der Waals surface area contributed by atoms with Gasteiger partial charge in [0.1, 0.15) is 11.2 Å². The summed E-state index contributed by atoms with van der Waals surface area (Å²) in [4.78, 5) is 2.36. The van der Waals surface area contributed by atoms with E-state index in [1.54, 1.807) is 0 Å². The summed E-state index contributed by atoms with van der Waals surface area (Å²) in [5.74, 6) is 0. The number of hydrogen-bond acceptors (Lipinski definition) is 2. The zero-order valence-electron chi connectivity index (χ0n) is 34.4.